The SMILES string of the molecule is CS(=O)(=O)N1CCCN(Cc2cccc(N)c2)CC1. The number of nitrogens with zero attached hydrogens (tertiary/aromatic N) is 2. The zero-order chi connectivity index (χ0) is 13.9. The largest absolute Gasteiger partial charge is 0.399 e. The van der Waals surface area contributed by atoms with Crippen LogP contribution in [-0.2, 0) is 16.6 Å². The second kappa shape index (κ2) is 5.90. The Bertz CT molecular complexity index is 530. The molecule has 1 fully saturated rings. The Labute approximate surface area is 115 Å². The van der Waals surface area contributed by atoms with E-state index in [0.717, 1.165) is 31.7 Å². The zero-order valence-corrected chi connectivity index (χ0v) is 12.1. The zero-order valence-electron chi connectivity index (χ0n) is 11.2. The molecule has 0 unspecified atom stereocenters. The molecule has 0 bridgehead atoms. The second-order valence-electron chi connectivity index (χ2n) is 5.04. The Morgan fingerprint density at radius 2 is 2.00 bits per heavy atom. The van der Waals surface area contributed by atoms with Gasteiger partial charge in [0.05, 0.1) is 6.26 Å². The molecule has 0 aromatic heterocycles. The molecule has 5 nitrogen and oxygen atoms in total. The van der Waals surface area contributed by atoms with Gasteiger partial charge in [0.25, 0.3) is 0 Å². The molecule has 1 heterocycles. The van der Waals surface area contributed by atoms with Gasteiger partial charge in [-0.3, -0.25) is 4.90 Å². The molecule has 1 aliphatic rings. The maximum atomic E-state index is 11.5. The number of hydrogen-bond acceptors (Lipinski definition) is 4. The maximum Gasteiger partial charge on any atom is 0.211 e. The minimum Gasteiger partial charge on any atom is -0.399 e. The average molecular weight is 283 g/mol. The normalized spacial score (nSPS) is 19.2. The summed E-state index contributed by atoms with van der Waals surface area (Å²) in [5.41, 5.74) is 7.71. The fourth-order valence-electron chi connectivity index (χ4n) is 2.39. The number of rotatable bonds is 3. The highest BCUT2D eigenvalue weighted by atomic mass is 32.2. The fourth-order valence-corrected chi connectivity index (χ4v) is 3.26. The van der Waals surface area contributed by atoms with Gasteiger partial charge in [-0.2, -0.15) is 0 Å². The van der Waals surface area contributed by atoms with Crippen LogP contribution in [0, 0.1) is 0 Å². The topological polar surface area (TPSA) is 66.6 Å². The molecule has 1 aromatic carbocycles. The van der Waals surface area contributed by atoms with Gasteiger partial charge in [0.1, 0.15) is 0 Å². The van der Waals surface area contributed by atoms with Crippen molar-refractivity contribution in [2.24, 2.45) is 0 Å². The van der Waals surface area contributed by atoms with E-state index < -0.39 is 10.0 Å². The summed E-state index contributed by atoms with van der Waals surface area (Å²) in [7, 11) is -3.07. The first-order chi connectivity index (χ1) is 8.95. The van der Waals surface area contributed by atoms with Gasteiger partial charge in [-0.05, 0) is 30.7 Å². The van der Waals surface area contributed by atoms with Gasteiger partial charge >= 0.3 is 0 Å². The fraction of sp³-hybridized carbons (Fsp3) is 0.538. The standard InChI is InChI=1S/C13H21N3O2S/c1-19(17,18)16-7-3-6-15(8-9-16)11-12-4-2-5-13(14)10-12/h2,4-5,10H,3,6-9,11,14H2,1H3. The van der Waals surface area contributed by atoms with E-state index in [1.54, 1.807) is 4.31 Å². The Kier molecular flexibility index (Phi) is 4.44. The van der Waals surface area contributed by atoms with Crippen molar-refractivity contribution in [3.05, 3.63) is 29.8 Å². The number of anilines is 1. The molecule has 0 aliphatic carbocycles. The molecule has 2 N–H and O–H groups in total. The molecule has 1 saturated heterocycles. The summed E-state index contributed by atoms with van der Waals surface area (Å²) < 4.78 is 24.6. The molecule has 19 heavy (non-hydrogen) atoms. The molecule has 0 spiro atoms. The summed E-state index contributed by atoms with van der Waals surface area (Å²) >= 11 is 0. The van der Waals surface area contributed by atoms with E-state index in [4.69, 9.17) is 5.73 Å². The maximum absolute atomic E-state index is 11.5. The summed E-state index contributed by atoms with van der Waals surface area (Å²) in [5, 5.41) is 0. The van der Waals surface area contributed by atoms with Crippen LogP contribution < -0.4 is 5.73 Å². The first kappa shape index (κ1) is 14.3. The van der Waals surface area contributed by atoms with Crippen LogP contribution in [-0.4, -0.2) is 50.1 Å². The highest BCUT2D eigenvalue weighted by Crippen LogP contribution is 2.13. The number of sulfonamides is 1. The van der Waals surface area contributed by atoms with Gasteiger partial charge in [-0.25, -0.2) is 12.7 Å². The molecule has 1 aliphatic heterocycles. The minimum atomic E-state index is -3.07. The highest BCUT2D eigenvalue weighted by Gasteiger charge is 2.21. The van der Waals surface area contributed by atoms with Gasteiger partial charge in [0.2, 0.25) is 10.0 Å². The molecule has 0 saturated carbocycles. The summed E-state index contributed by atoms with van der Waals surface area (Å²) in [4.78, 5) is 2.28. The summed E-state index contributed by atoms with van der Waals surface area (Å²) in [6.07, 6.45) is 2.15. The van der Waals surface area contributed by atoms with Crippen molar-refractivity contribution in [3.63, 3.8) is 0 Å². The van der Waals surface area contributed by atoms with Gasteiger partial charge in [-0.1, -0.05) is 12.1 Å². The van der Waals surface area contributed by atoms with Crippen LogP contribution in [0.4, 0.5) is 5.69 Å². The quantitative estimate of drug-likeness (QED) is 0.831. The van der Waals surface area contributed by atoms with Gasteiger partial charge in [-0.15, -0.1) is 0 Å². The lowest BCUT2D eigenvalue weighted by Crippen LogP contribution is -2.34. The number of hydrogen-bond donors (Lipinski definition) is 1. The lowest BCUT2D eigenvalue weighted by Gasteiger charge is -2.20. The van der Waals surface area contributed by atoms with Crippen LogP contribution in [0.5, 0.6) is 0 Å². The van der Waals surface area contributed by atoms with E-state index in [9.17, 15) is 8.42 Å². The smallest absolute Gasteiger partial charge is 0.211 e. The van der Waals surface area contributed by atoms with E-state index in [2.05, 4.69) is 11.0 Å². The van der Waals surface area contributed by atoms with E-state index in [1.165, 1.54) is 11.8 Å². The van der Waals surface area contributed by atoms with E-state index in [-0.39, 0.29) is 0 Å². The molecular weight excluding hydrogens is 262 g/mol. The van der Waals surface area contributed by atoms with E-state index >= 15 is 0 Å². The molecule has 0 atom stereocenters. The van der Waals surface area contributed by atoms with Gasteiger partial charge in [0.15, 0.2) is 0 Å². The summed E-state index contributed by atoms with van der Waals surface area (Å²) in [6, 6.07) is 7.84. The van der Waals surface area contributed by atoms with Crippen molar-refractivity contribution < 1.29 is 8.42 Å². The lowest BCUT2D eigenvalue weighted by atomic mass is 10.2. The van der Waals surface area contributed by atoms with Crippen LogP contribution in [0.25, 0.3) is 0 Å². The van der Waals surface area contributed by atoms with Crippen molar-refractivity contribution in [1.82, 2.24) is 9.21 Å². The molecular formula is C13H21N3O2S. The second-order valence-corrected chi connectivity index (χ2v) is 7.02. The van der Waals surface area contributed by atoms with Crippen molar-refractivity contribution >= 4 is 15.7 Å². The Morgan fingerprint density at radius 3 is 2.68 bits per heavy atom. The van der Waals surface area contributed by atoms with Crippen molar-refractivity contribution in [2.75, 3.05) is 38.2 Å². The van der Waals surface area contributed by atoms with E-state index in [0.29, 0.717) is 13.1 Å². The Hall–Kier alpha value is -1.11. The third kappa shape index (κ3) is 4.19. The first-order valence-electron chi connectivity index (χ1n) is 6.47. The van der Waals surface area contributed by atoms with Crippen molar-refractivity contribution in [3.8, 4) is 0 Å². The van der Waals surface area contributed by atoms with Gasteiger partial charge in [0, 0.05) is 31.9 Å². The Balaban J connectivity index is 1.96. The van der Waals surface area contributed by atoms with Gasteiger partial charge < -0.3 is 5.73 Å². The van der Waals surface area contributed by atoms with Crippen LogP contribution in [0.3, 0.4) is 0 Å². The number of nitrogen functional groups attached to an aromatic ring is 1. The third-order valence-electron chi connectivity index (χ3n) is 3.37. The molecule has 6 heteroatoms. The van der Waals surface area contributed by atoms with Crippen LogP contribution in [0.2, 0.25) is 0 Å². The predicted octanol–water partition coefficient (Wildman–Crippen LogP) is 0.736. The van der Waals surface area contributed by atoms with Crippen molar-refractivity contribution in [2.45, 2.75) is 13.0 Å². The first-order valence-corrected chi connectivity index (χ1v) is 8.32. The summed E-state index contributed by atoms with van der Waals surface area (Å²) in [6.45, 7) is 3.69. The number of nitrogens with two attached hydrogens (primary N) is 1. The molecule has 106 valence electrons. The lowest BCUT2D eigenvalue weighted by molar-refractivity contribution is 0.279. The third-order valence-corrected chi connectivity index (χ3v) is 4.68. The minimum absolute atomic E-state index is 0.571. The monoisotopic (exact) mass is 283 g/mol. The van der Waals surface area contributed by atoms with Crippen LogP contribution in [0.1, 0.15) is 12.0 Å². The Morgan fingerprint density at radius 1 is 1.21 bits per heavy atom. The van der Waals surface area contributed by atoms with E-state index in [1.807, 2.05) is 18.2 Å². The van der Waals surface area contributed by atoms with Crippen molar-refractivity contribution in [1.29, 1.82) is 0 Å². The molecule has 0 amide bonds. The van der Waals surface area contributed by atoms with Crippen LogP contribution >= 0.6 is 0 Å². The number of benzene rings is 1. The molecule has 2 rings (SSSR count). The highest BCUT2D eigenvalue weighted by molar-refractivity contribution is 7.88. The summed E-state index contributed by atoms with van der Waals surface area (Å²) in [5.74, 6) is 0. The van der Waals surface area contributed by atoms with Crippen LogP contribution in [0.15, 0.2) is 24.3 Å². The molecule has 1 aromatic rings. The average Bonchev–Trinajstić information content (AvgIpc) is 2.54. The predicted molar refractivity (Wildman–Crippen MR) is 77.2 cm³/mol. The molecule has 0 radical (unpaired) electrons.